The standard InChI is InChI=1S/C34H37FN6O4/c1-4-45-29-13-20(8-10-28(29)42)25-9-7-21-12-27(41(32(21)37-25)16-19-5-6-19)33-38-26-11-22(14-30(44-3)31(26)39(33)2)34(43)40-17-23(35)15-24(36)18-40/h7-14,19,23-24,42H,4-6,15-18,36H2,1-3H3/t23-,24-/m1/s1. The maximum atomic E-state index is 14.3. The Morgan fingerprint density at radius 2 is 1.91 bits per heavy atom. The molecule has 10 nitrogen and oxygen atoms in total. The van der Waals surface area contributed by atoms with E-state index in [1.54, 1.807) is 25.3 Å². The van der Waals surface area contributed by atoms with Gasteiger partial charge in [0.2, 0.25) is 0 Å². The lowest BCUT2D eigenvalue weighted by Crippen LogP contribution is -2.50. The molecule has 0 bridgehead atoms. The van der Waals surface area contributed by atoms with Gasteiger partial charge in [-0.1, -0.05) is 0 Å². The zero-order valence-corrected chi connectivity index (χ0v) is 25.7. The number of rotatable bonds is 8. The van der Waals surface area contributed by atoms with Crippen molar-refractivity contribution >= 4 is 28.0 Å². The first kappa shape index (κ1) is 29.1. The second kappa shape index (κ2) is 11.4. The third kappa shape index (κ3) is 5.35. The number of hydrogen-bond donors (Lipinski definition) is 2. The highest BCUT2D eigenvalue weighted by molar-refractivity contribution is 6.00. The number of aryl methyl sites for hydroxylation is 1. The van der Waals surface area contributed by atoms with Crippen LogP contribution in [-0.2, 0) is 13.6 Å². The summed E-state index contributed by atoms with van der Waals surface area (Å²) >= 11 is 0. The number of pyridine rings is 1. The van der Waals surface area contributed by atoms with Gasteiger partial charge < -0.3 is 34.3 Å². The molecular weight excluding hydrogens is 575 g/mol. The fraction of sp³-hybridized carbons (Fsp3) is 0.382. The number of benzene rings is 2. The summed E-state index contributed by atoms with van der Waals surface area (Å²) in [6.07, 6.45) is 1.43. The number of likely N-dealkylation sites (tertiary alicyclic amines) is 1. The minimum absolute atomic E-state index is 0.0215. The molecule has 1 aliphatic heterocycles. The van der Waals surface area contributed by atoms with Crippen molar-refractivity contribution in [3.05, 3.63) is 54.1 Å². The summed E-state index contributed by atoms with van der Waals surface area (Å²) in [7, 11) is 3.51. The first-order chi connectivity index (χ1) is 21.7. The van der Waals surface area contributed by atoms with E-state index >= 15 is 0 Å². The minimum Gasteiger partial charge on any atom is -0.504 e. The Bertz CT molecular complexity index is 1920. The maximum Gasteiger partial charge on any atom is 0.254 e. The molecule has 1 amide bonds. The highest BCUT2D eigenvalue weighted by atomic mass is 19.1. The smallest absolute Gasteiger partial charge is 0.254 e. The van der Waals surface area contributed by atoms with Gasteiger partial charge in [-0.3, -0.25) is 4.79 Å². The summed E-state index contributed by atoms with van der Waals surface area (Å²) in [5.41, 5.74) is 11.1. The van der Waals surface area contributed by atoms with Crippen LogP contribution < -0.4 is 15.2 Å². The number of amides is 1. The molecule has 0 spiro atoms. The molecule has 1 aliphatic carbocycles. The number of carbonyl (C=O) groups excluding carboxylic acids is 1. The summed E-state index contributed by atoms with van der Waals surface area (Å²) < 4.78 is 29.9. The third-order valence-corrected chi connectivity index (χ3v) is 8.79. The minimum atomic E-state index is -1.15. The van der Waals surface area contributed by atoms with E-state index in [0.29, 0.717) is 41.6 Å². The number of aromatic nitrogens is 4. The van der Waals surface area contributed by atoms with E-state index in [9.17, 15) is 14.3 Å². The zero-order valence-electron chi connectivity index (χ0n) is 25.7. The molecule has 234 valence electrons. The predicted octanol–water partition coefficient (Wildman–Crippen LogP) is 5.29. The average molecular weight is 613 g/mol. The van der Waals surface area contributed by atoms with Crippen molar-refractivity contribution < 1.29 is 23.8 Å². The quantitative estimate of drug-likeness (QED) is 0.244. The van der Waals surface area contributed by atoms with E-state index in [1.807, 2.05) is 36.7 Å². The molecule has 11 heteroatoms. The van der Waals surface area contributed by atoms with Crippen LogP contribution in [-0.4, -0.2) is 74.0 Å². The zero-order chi connectivity index (χ0) is 31.4. The number of hydrogen-bond acceptors (Lipinski definition) is 7. The Hall–Kier alpha value is -4.64. The number of phenols is 1. The lowest BCUT2D eigenvalue weighted by molar-refractivity contribution is 0.0606. The fourth-order valence-electron chi connectivity index (χ4n) is 6.40. The van der Waals surface area contributed by atoms with Gasteiger partial charge in [0.05, 0.1) is 37.2 Å². The number of piperidine rings is 1. The fourth-order valence-corrected chi connectivity index (χ4v) is 6.40. The van der Waals surface area contributed by atoms with Gasteiger partial charge in [0.25, 0.3) is 5.91 Å². The van der Waals surface area contributed by atoms with E-state index in [2.05, 4.69) is 16.7 Å². The lowest BCUT2D eigenvalue weighted by Gasteiger charge is -2.33. The molecule has 45 heavy (non-hydrogen) atoms. The number of phenolic OH excluding ortho intramolecular Hbond substituents is 1. The number of halogens is 1. The number of alkyl halides is 1. The van der Waals surface area contributed by atoms with Gasteiger partial charge >= 0.3 is 0 Å². The normalized spacial score (nSPS) is 18.6. The van der Waals surface area contributed by atoms with Gasteiger partial charge in [-0.15, -0.1) is 0 Å². The molecule has 3 aromatic heterocycles. The van der Waals surface area contributed by atoms with Crippen LogP contribution in [0.15, 0.2) is 48.5 Å². The molecule has 0 radical (unpaired) electrons. The van der Waals surface area contributed by atoms with Crippen LogP contribution in [0.3, 0.4) is 0 Å². The summed E-state index contributed by atoms with van der Waals surface area (Å²) in [4.78, 5) is 25.1. The molecule has 3 N–H and O–H groups in total. The largest absolute Gasteiger partial charge is 0.504 e. The molecule has 2 aromatic carbocycles. The predicted molar refractivity (Wildman–Crippen MR) is 170 cm³/mol. The van der Waals surface area contributed by atoms with Crippen molar-refractivity contribution in [2.45, 2.75) is 44.9 Å². The number of fused-ring (bicyclic) bond motifs is 2. The van der Waals surface area contributed by atoms with Crippen molar-refractivity contribution in [2.75, 3.05) is 26.8 Å². The van der Waals surface area contributed by atoms with E-state index in [-0.39, 0.29) is 24.6 Å². The van der Waals surface area contributed by atoms with Crippen LogP contribution in [0.2, 0.25) is 0 Å². The summed E-state index contributed by atoms with van der Waals surface area (Å²) in [6, 6.07) is 14.5. The van der Waals surface area contributed by atoms with E-state index < -0.39 is 12.2 Å². The average Bonchev–Trinajstić information content (AvgIpc) is 3.70. The van der Waals surface area contributed by atoms with Gasteiger partial charge in [-0.25, -0.2) is 14.4 Å². The van der Waals surface area contributed by atoms with Gasteiger partial charge in [-0.05, 0) is 80.6 Å². The third-order valence-electron chi connectivity index (χ3n) is 8.79. The van der Waals surface area contributed by atoms with Crippen LogP contribution in [0.4, 0.5) is 4.39 Å². The first-order valence-electron chi connectivity index (χ1n) is 15.4. The first-order valence-corrected chi connectivity index (χ1v) is 15.4. The molecule has 5 aromatic rings. The van der Waals surface area contributed by atoms with Crippen LogP contribution in [0.5, 0.6) is 17.2 Å². The molecule has 2 aliphatic rings. The molecule has 1 saturated carbocycles. The van der Waals surface area contributed by atoms with Crippen molar-refractivity contribution in [3.63, 3.8) is 0 Å². The Kier molecular flexibility index (Phi) is 7.35. The topological polar surface area (TPSA) is 121 Å². The van der Waals surface area contributed by atoms with Crippen molar-refractivity contribution in [2.24, 2.45) is 18.7 Å². The summed E-state index contributed by atoms with van der Waals surface area (Å²) in [5.74, 6) is 2.02. The van der Waals surface area contributed by atoms with E-state index in [1.165, 1.54) is 4.90 Å². The summed E-state index contributed by atoms with van der Waals surface area (Å²) in [6.45, 7) is 3.45. The Balaban J connectivity index is 1.33. The van der Waals surface area contributed by atoms with Gasteiger partial charge in [-0.2, -0.15) is 0 Å². The van der Waals surface area contributed by atoms with E-state index in [0.717, 1.165) is 58.7 Å². The van der Waals surface area contributed by atoms with Crippen molar-refractivity contribution in [3.8, 4) is 40.0 Å². The molecule has 1 saturated heterocycles. The van der Waals surface area contributed by atoms with Gasteiger partial charge in [0, 0.05) is 42.7 Å². The number of nitrogens with zero attached hydrogens (tertiary/aromatic N) is 5. The van der Waals surface area contributed by atoms with Crippen LogP contribution in [0.1, 0.15) is 36.5 Å². The molecule has 7 rings (SSSR count). The van der Waals surface area contributed by atoms with Gasteiger partial charge in [0.1, 0.15) is 23.1 Å². The van der Waals surface area contributed by atoms with Crippen LogP contribution in [0, 0.1) is 5.92 Å². The van der Waals surface area contributed by atoms with Crippen molar-refractivity contribution in [1.29, 1.82) is 0 Å². The number of methoxy groups -OCH3 is 1. The van der Waals surface area contributed by atoms with Crippen LogP contribution >= 0.6 is 0 Å². The Morgan fingerprint density at radius 1 is 1.09 bits per heavy atom. The monoisotopic (exact) mass is 612 g/mol. The highest BCUT2D eigenvalue weighted by Gasteiger charge is 2.30. The van der Waals surface area contributed by atoms with Gasteiger partial charge in [0.15, 0.2) is 17.3 Å². The Labute approximate surface area is 260 Å². The summed E-state index contributed by atoms with van der Waals surface area (Å²) in [5, 5.41) is 11.2. The second-order valence-corrected chi connectivity index (χ2v) is 12.2. The highest BCUT2D eigenvalue weighted by Crippen LogP contribution is 2.39. The number of ether oxygens (including phenoxy) is 2. The second-order valence-electron chi connectivity index (χ2n) is 12.2. The maximum absolute atomic E-state index is 14.3. The number of aromatic hydroxyl groups is 1. The lowest BCUT2D eigenvalue weighted by atomic mass is 10.0. The molecule has 0 unspecified atom stereocenters. The molecule has 2 atom stereocenters. The van der Waals surface area contributed by atoms with E-state index in [4.69, 9.17) is 25.2 Å². The Morgan fingerprint density at radius 3 is 2.64 bits per heavy atom. The number of imidazole rings is 1. The number of carbonyl (C=O) groups is 1. The SMILES string of the molecule is CCOc1cc(-c2ccc3cc(-c4nc5cc(C(=O)N6C[C@H](N)C[C@@H](F)C6)cc(OC)c5n4C)n(CC4CC4)c3n2)ccc1O. The van der Waals surface area contributed by atoms with Crippen molar-refractivity contribution in [1.82, 2.24) is 24.0 Å². The number of nitrogens with two attached hydrogens (primary N) is 1. The molecule has 4 heterocycles. The van der Waals surface area contributed by atoms with Crippen LogP contribution in [0.25, 0.3) is 44.8 Å². The molecular formula is C34H37FN6O4. The molecule has 2 fully saturated rings.